The fourth-order valence-corrected chi connectivity index (χ4v) is 9.43. The lowest BCUT2D eigenvalue weighted by atomic mass is 10.0. The highest BCUT2D eigenvalue weighted by Gasteiger charge is 2.24. The van der Waals surface area contributed by atoms with Crippen LogP contribution in [0.25, 0.3) is 110 Å². The van der Waals surface area contributed by atoms with Gasteiger partial charge in [0.05, 0.1) is 32.3 Å². The molecule has 6 nitrogen and oxygen atoms in total. The third-order valence-corrected chi connectivity index (χ3v) is 12.1. The van der Waals surface area contributed by atoms with Crippen LogP contribution in [-0.2, 0) is 0 Å². The minimum Gasteiger partial charge on any atom is -0.307 e. The molecule has 0 aliphatic rings. The van der Waals surface area contributed by atoms with Crippen LogP contribution in [0.5, 0.6) is 0 Å². The van der Waals surface area contributed by atoms with Gasteiger partial charge in [-0.2, -0.15) is 9.97 Å². The van der Waals surface area contributed by atoms with Crippen molar-refractivity contribution in [2.75, 3.05) is 0 Å². The largest absolute Gasteiger partial charge is 0.307 e. The van der Waals surface area contributed by atoms with Crippen molar-refractivity contribution in [1.29, 1.82) is 0 Å². The van der Waals surface area contributed by atoms with Gasteiger partial charge in [-0.3, -0.25) is 4.57 Å². The number of hydrogen-bond acceptors (Lipinski definition) is 5. The maximum atomic E-state index is 5.38. The Labute approximate surface area is 330 Å². The predicted molar refractivity (Wildman–Crippen MR) is 235 cm³/mol. The van der Waals surface area contributed by atoms with E-state index < -0.39 is 0 Å². The summed E-state index contributed by atoms with van der Waals surface area (Å²) in [5, 5.41) is 7.80. The first kappa shape index (κ1) is 31.8. The lowest BCUT2D eigenvalue weighted by molar-refractivity contribution is 0.954. The first-order valence-corrected chi connectivity index (χ1v) is 19.8. The molecule has 0 spiro atoms. The Morgan fingerprint density at radius 2 is 1.02 bits per heavy atom. The van der Waals surface area contributed by atoms with Crippen LogP contribution in [0.4, 0.5) is 0 Å². The van der Waals surface area contributed by atoms with Crippen molar-refractivity contribution in [1.82, 2.24) is 29.1 Å². The molecule has 0 saturated carbocycles. The molecular weight excluding hydrogens is 717 g/mol. The minimum atomic E-state index is 0.561. The molecule has 4 heterocycles. The molecule has 0 N–H and O–H groups in total. The molecule has 266 valence electrons. The summed E-state index contributed by atoms with van der Waals surface area (Å²) in [6.07, 6.45) is 0. The van der Waals surface area contributed by atoms with Crippen LogP contribution in [0.1, 0.15) is 0 Å². The molecule has 0 aliphatic carbocycles. The molecule has 8 aromatic carbocycles. The molecule has 0 fully saturated rings. The van der Waals surface area contributed by atoms with Crippen LogP contribution in [0, 0.1) is 0 Å². The molecule has 12 aromatic rings. The number of fused-ring (bicyclic) bond motifs is 9. The van der Waals surface area contributed by atoms with Crippen LogP contribution in [0.2, 0.25) is 0 Å². The third-order valence-electron chi connectivity index (χ3n) is 11.0. The van der Waals surface area contributed by atoms with E-state index in [1.807, 2.05) is 24.3 Å². The second-order valence-corrected chi connectivity index (χ2v) is 15.3. The predicted octanol–water partition coefficient (Wildman–Crippen LogP) is 12.8. The van der Waals surface area contributed by atoms with Crippen molar-refractivity contribution >= 4 is 75.9 Å². The lowest BCUT2D eigenvalue weighted by Crippen LogP contribution is -2.07. The average Bonchev–Trinajstić information content (AvgIpc) is 3.97. The Bertz CT molecular complexity index is 3500. The number of hydrogen-bond donors (Lipinski definition) is 0. The topological polar surface area (TPSA) is 61.4 Å². The van der Waals surface area contributed by atoms with Crippen molar-refractivity contribution in [3.05, 3.63) is 182 Å². The van der Waals surface area contributed by atoms with E-state index in [0.717, 1.165) is 81.9 Å². The summed E-state index contributed by atoms with van der Waals surface area (Å²) in [4.78, 5) is 20.9. The number of benzene rings is 8. The summed E-state index contributed by atoms with van der Waals surface area (Å²) in [7, 11) is 0. The Balaban J connectivity index is 1.20. The van der Waals surface area contributed by atoms with Crippen molar-refractivity contribution in [2.45, 2.75) is 0 Å². The van der Waals surface area contributed by atoms with Crippen LogP contribution in [-0.4, -0.2) is 29.1 Å². The minimum absolute atomic E-state index is 0.561. The molecule has 0 unspecified atom stereocenters. The van der Waals surface area contributed by atoms with Gasteiger partial charge in [0.25, 0.3) is 0 Å². The Morgan fingerprint density at radius 3 is 1.82 bits per heavy atom. The number of nitrogens with zero attached hydrogens (tertiary/aromatic N) is 6. The summed E-state index contributed by atoms with van der Waals surface area (Å²) in [5.41, 5.74) is 9.29. The van der Waals surface area contributed by atoms with Crippen molar-refractivity contribution in [3.63, 3.8) is 0 Å². The fraction of sp³-hybridized carbons (Fsp3) is 0. The van der Waals surface area contributed by atoms with Crippen molar-refractivity contribution in [2.24, 2.45) is 0 Å². The zero-order valence-corrected chi connectivity index (χ0v) is 31.2. The Kier molecular flexibility index (Phi) is 7.00. The van der Waals surface area contributed by atoms with E-state index in [0.29, 0.717) is 17.6 Å². The van der Waals surface area contributed by atoms with Gasteiger partial charge in [-0.25, -0.2) is 9.97 Å². The summed E-state index contributed by atoms with van der Waals surface area (Å²) in [6.45, 7) is 0. The quantitative estimate of drug-likeness (QED) is 0.176. The number of thiazole rings is 1. The SMILES string of the molecule is c1ccc(-c2nc(-c3cccc4ccccc34)nc(-n3c4ccccc4c4ccc5c6ccccc6n(-c6cccc(-c7nc8ccccc8s7)c6)c5c43)n2)cc1. The van der Waals surface area contributed by atoms with E-state index in [9.17, 15) is 0 Å². The van der Waals surface area contributed by atoms with Gasteiger partial charge in [-0.1, -0.05) is 146 Å². The number of rotatable bonds is 5. The van der Waals surface area contributed by atoms with E-state index in [4.69, 9.17) is 19.9 Å². The van der Waals surface area contributed by atoms with Crippen molar-refractivity contribution < 1.29 is 0 Å². The summed E-state index contributed by atoms with van der Waals surface area (Å²) >= 11 is 1.72. The van der Waals surface area contributed by atoms with E-state index in [-0.39, 0.29) is 0 Å². The molecule has 0 atom stereocenters. The van der Waals surface area contributed by atoms with Crippen LogP contribution >= 0.6 is 11.3 Å². The highest BCUT2D eigenvalue weighted by atomic mass is 32.1. The monoisotopic (exact) mass is 746 g/mol. The van der Waals surface area contributed by atoms with Gasteiger partial charge >= 0.3 is 0 Å². The van der Waals surface area contributed by atoms with Crippen LogP contribution in [0.3, 0.4) is 0 Å². The standard InChI is InChI=1S/C50H30N6S/c1-2-15-32(16-3-1)47-52-48(40-23-13-17-31-14-4-5-20-35(31)40)54-50(53-47)56-43-26-10-7-22-37(43)39-29-28-38-36-21-6-9-25-42(36)55(45(38)46(39)56)34-19-12-18-33(30-34)49-51-41-24-8-11-27-44(41)57-49/h1-30H. The van der Waals surface area contributed by atoms with Gasteiger partial charge in [-0.15, -0.1) is 11.3 Å². The molecule has 7 heteroatoms. The molecule has 0 bridgehead atoms. The summed E-state index contributed by atoms with van der Waals surface area (Å²) in [5.74, 6) is 1.80. The third kappa shape index (κ3) is 4.96. The van der Waals surface area contributed by atoms with Gasteiger partial charge in [0.1, 0.15) is 5.01 Å². The highest BCUT2D eigenvalue weighted by Crippen LogP contribution is 2.42. The number of aromatic nitrogens is 6. The van der Waals surface area contributed by atoms with Crippen LogP contribution < -0.4 is 0 Å². The average molecular weight is 747 g/mol. The first-order chi connectivity index (χ1) is 28.3. The maximum absolute atomic E-state index is 5.38. The molecular formula is C50H30N6S. The van der Waals surface area contributed by atoms with Gasteiger partial charge in [0.2, 0.25) is 5.95 Å². The smallest absolute Gasteiger partial charge is 0.238 e. The molecule has 0 saturated heterocycles. The zero-order chi connectivity index (χ0) is 37.5. The second-order valence-electron chi connectivity index (χ2n) is 14.3. The highest BCUT2D eigenvalue weighted by molar-refractivity contribution is 7.21. The van der Waals surface area contributed by atoms with E-state index in [2.05, 4.69) is 167 Å². The summed E-state index contributed by atoms with van der Waals surface area (Å²) < 4.78 is 5.84. The number of para-hydroxylation sites is 3. The Morgan fingerprint density at radius 1 is 0.404 bits per heavy atom. The van der Waals surface area contributed by atoms with E-state index in [1.165, 1.54) is 10.1 Å². The second kappa shape index (κ2) is 12.5. The molecule has 57 heavy (non-hydrogen) atoms. The van der Waals surface area contributed by atoms with Gasteiger partial charge in [-0.05, 0) is 47.2 Å². The molecule has 12 rings (SSSR count). The summed E-state index contributed by atoms with van der Waals surface area (Å²) in [6, 6.07) is 63.8. The lowest BCUT2D eigenvalue weighted by Gasteiger charge is -2.14. The van der Waals surface area contributed by atoms with E-state index in [1.54, 1.807) is 11.3 Å². The Hall–Kier alpha value is -7.48. The fourth-order valence-electron chi connectivity index (χ4n) is 8.47. The first-order valence-electron chi connectivity index (χ1n) is 19.0. The van der Waals surface area contributed by atoms with Crippen LogP contribution in [0.15, 0.2) is 182 Å². The normalized spacial score (nSPS) is 11.9. The van der Waals surface area contributed by atoms with E-state index >= 15 is 0 Å². The molecule has 4 aromatic heterocycles. The van der Waals surface area contributed by atoms with Gasteiger partial charge in [0.15, 0.2) is 11.6 Å². The van der Waals surface area contributed by atoms with Gasteiger partial charge in [0, 0.05) is 43.9 Å². The maximum Gasteiger partial charge on any atom is 0.238 e. The molecule has 0 radical (unpaired) electrons. The zero-order valence-electron chi connectivity index (χ0n) is 30.4. The van der Waals surface area contributed by atoms with Gasteiger partial charge < -0.3 is 4.57 Å². The molecule has 0 amide bonds. The molecule has 0 aliphatic heterocycles. The van der Waals surface area contributed by atoms with Crippen molar-refractivity contribution in [3.8, 4) is 45.0 Å².